The van der Waals surface area contributed by atoms with Crippen molar-refractivity contribution in [1.82, 2.24) is 0 Å². The fourth-order valence-electron chi connectivity index (χ4n) is 1.35. The molecule has 1 aromatic carbocycles. The van der Waals surface area contributed by atoms with Gasteiger partial charge in [-0.3, -0.25) is 0 Å². The van der Waals surface area contributed by atoms with E-state index in [0.29, 0.717) is 5.95 Å². The predicted octanol–water partition coefficient (Wildman–Crippen LogP) is 4.94. The van der Waals surface area contributed by atoms with Gasteiger partial charge in [-0.25, -0.2) is 0 Å². The van der Waals surface area contributed by atoms with Crippen molar-refractivity contribution in [3.8, 4) is 0 Å². The average molecular weight is 294 g/mol. The maximum atomic E-state index is 5.82. The Kier molecular flexibility index (Phi) is 5.75. The third kappa shape index (κ3) is 6.54. The number of hydrogen-bond acceptors (Lipinski definition) is 3. The number of thioether (sulfide) groups is 1. The second-order valence-corrected chi connectivity index (χ2v) is 10.9. The molecule has 0 saturated carbocycles. The number of aryl methyl sites for hydroxylation is 1. The van der Waals surface area contributed by atoms with Crippen LogP contribution in [-0.4, -0.2) is 15.4 Å². The van der Waals surface area contributed by atoms with Crippen molar-refractivity contribution in [3.05, 3.63) is 53.3 Å². The van der Waals surface area contributed by atoms with Gasteiger partial charge in [0, 0.05) is 15.9 Å². The van der Waals surface area contributed by atoms with Crippen LogP contribution in [0.3, 0.4) is 0 Å². The zero-order valence-corrected chi connectivity index (χ0v) is 14.1. The number of rotatable bonds is 6. The maximum absolute atomic E-state index is 5.82. The van der Waals surface area contributed by atoms with Crippen molar-refractivity contribution in [2.75, 3.05) is 7.11 Å². The lowest BCUT2D eigenvalue weighted by atomic mass is 10.2. The van der Waals surface area contributed by atoms with Crippen LogP contribution < -0.4 is 0 Å². The Labute approximate surface area is 121 Å². The molecule has 0 heterocycles. The van der Waals surface area contributed by atoms with Gasteiger partial charge in [0.25, 0.3) is 5.95 Å². The summed E-state index contributed by atoms with van der Waals surface area (Å²) in [5.41, 5.74) is 1.25. The first-order chi connectivity index (χ1) is 8.80. The van der Waals surface area contributed by atoms with E-state index in [0.717, 1.165) is 9.80 Å². The summed E-state index contributed by atoms with van der Waals surface area (Å²) >= 11 is 1.61. The largest absolute Gasteiger partial charge is 0.520 e. The van der Waals surface area contributed by atoms with E-state index in [-0.39, 0.29) is 0 Å². The maximum Gasteiger partial charge on any atom is 0.266 e. The van der Waals surface area contributed by atoms with E-state index in [4.69, 9.17) is 9.16 Å². The van der Waals surface area contributed by atoms with E-state index in [1.807, 2.05) is 6.08 Å². The highest BCUT2D eigenvalue weighted by atomic mass is 32.2. The monoisotopic (exact) mass is 294 g/mol. The smallest absolute Gasteiger partial charge is 0.266 e. The molecule has 0 atom stereocenters. The minimum absolute atomic E-state index is 0.545. The summed E-state index contributed by atoms with van der Waals surface area (Å²) in [5, 5.41) is 0. The second-order valence-electron chi connectivity index (χ2n) is 5.26. The molecule has 1 aromatic rings. The summed E-state index contributed by atoms with van der Waals surface area (Å²) in [6.45, 7) is 12.5. The topological polar surface area (TPSA) is 18.5 Å². The lowest BCUT2D eigenvalue weighted by molar-refractivity contribution is 0.147. The van der Waals surface area contributed by atoms with Crippen molar-refractivity contribution in [2.24, 2.45) is 0 Å². The fraction of sp³-hybridized carbons (Fsp3) is 0.333. The third-order valence-corrected chi connectivity index (χ3v) is 3.86. The summed E-state index contributed by atoms with van der Waals surface area (Å²) < 4.78 is 11.1. The lowest BCUT2D eigenvalue weighted by Gasteiger charge is -2.20. The normalized spacial score (nSPS) is 12.2. The van der Waals surface area contributed by atoms with Gasteiger partial charge in [-0.05, 0) is 38.7 Å². The molecule has 0 spiro atoms. The zero-order valence-electron chi connectivity index (χ0n) is 12.3. The van der Waals surface area contributed by atoms with Crippen molar-refractivity contribution >= 4 is 20.1 Å². The molecule has 0 bridgehead atoms. The van der Waals surface area contributed by atoms with Crippen LogP contribution in [0.4, 0.5) is 0 Å². The third-order valence-electron chi connectivity index (χ3n) is 2.16. The Morgan fingerprint density at radius 1 is 1.21 bits per heavy atom. The molecule has 0 saturated heterocycles. The quantitative estimate of drug-likeness (QED) is 0.320. The molecule has 0 aliphatic carbocycles. The number of methoxy groups -OCH3 is 1. The van der Waals surface area contributed by atoms with Crippen LogP contribution in [0, 0.1) is 6.92 Å². The second kappa shape index (κ2) is 6.87. The lowest BCUT2D eigenvalue weighted by Crippen LogP contribution is -2.25. The highest BCUT2D eigenvalue weighted by Gasteiger charge is 2.18. The van der Waals surface area contributed by atoms with Crippen LogP contribution in [-0.2, 0) is 9.16 Å². The van der Waals surface area contributed by atoms with Crippen molar-refractivity contribution in [1.29, 1.82) is 0 Å². The van der Waals surface area contributed by atoms with E-state index in [1.54, 1.807) is 18.9 Å². The van der Waals surface area contributed by atoms with Crippen LogP contribution in [0.2, 0.25) is 19.6 Å². The molecular weight excluding hydrogens is 272 g/mol. The molecule has 0 amide bonds. The highest BCUT2D eigenvalue weighted by Crippen LogP contribution is 2.27. The van der Waals surface area contributed by atoms with E-state index in [9.17, 15) is 0 Å². The molecule has 4 heteroatoms. The molecule has 0 fully saturated rings. The Morgan fingerprint density at radius 3 is 2.26 bits per heavy atom. The molecule has 104 valence electrons. The van der Waals surface area contributed by atoms with E-state index >= 15 is 0 Å². The van der Waals surface area contributed by atoms with Gasteiger partial charge >= 0.3 is 0 Å². The van der Waals surface area contributed by atoms with E-state index < -0.39 is 8.32 Å². The summed E-state index contributed by atoms with van der Waals surface area (Å²) in [5.74, 6) is 0.545. The van der Waals surface area contributed by atoms with Gasteiger partial charge < -0.3 is 9.16 Å². The molecular formula is C15H22O2SSi. The summed E-state index contributed by atoms with van der Waals surface area (Å²) in [7, 11) is -0.0304. The Balaban J connectivity index is 2.69. The van der Waals surface area contributed by atoms with Crippen LogP contribution in [0.5, 0.6) is 0 Å². The molecule has 0 radical (unpaired) electrons. The van der Waals surface area contributed by atoms with E-state index in [2.05, 4.69) is 57.4 Å². The first-order valence-corrected chi connectivity index (χ1v) is 10.4. The average Bonchev–Trinajstić information content (AvgIpc) is 2.29. The first-order valence-electron chi connectivity index (χ1n) is 6.18. The van der Waals surface area contributed by atoms with Crippen molar-refractivity contribution in [3.63, 3.8) is 0 Å². The number of allylic oxidation sites excluding steroid dienone is 1. The van der Waals surface area contributed by atoms with Crippen LogP contribution >= 0.6 is 11.8 Å². The van der Waals surface area contributed by atoms with Crippen molar-refractivity contribution < 1.29 is 9.16 Å². The zero-order chi connectivity index (χ0) is 14.5. The summed E-state index contributed by atoms with van der Waals surface area (Å²) in [6.07, 6.45) is 1.85. The minimum Gasteiger partial charge on any atom is -0.520 e. The number of hydrogen-bond donors (Lipinski definition) is 0. The molecule has 2 nitrogen and oxygen atoms in total. The standard InChI is InChI=1S/C15H22O2SSi/c1-12-7-9-14(10-8-12)18-13(2)11-15(16-3)17-19(4,5)6/h7-11H,2H2,1,3-6H3/b15-11+. The highest BCUT2D eigenvalue weighted by molar-refractivity contribution is 8.03. The van der Waals surface area contributed by atoms with Gasteiger partial charge in [-0.2, -0.15) is 0 Å². The van der Waals surface area contributed by atoms with Crippen LogP contribution in [0.1, 0.15) is 5.56 Å². The van der Waals surface area contributed by atoms with Gasteiger partial charge in [-0.15, -0.1) is 0 Å². The summed E-state index contributed by atoms with van der Waals surface area (Å²) in [6, 6.07) is 8.36. The number of ether oxygens (including phenoxy) is 1. The predicted molar refractivity (Wildman–Crippen MR) is 85.7 cm³/mol. The SMILES string of the molecule is C=C(/C=C(\OC)O[Si](C)(C)C)Sc1ccc(C)cc1. The molecule has 0 aliphatic heterocycles. The number of benzene rings is 1. The van der Waals surface area contributed by atoms with Gasteiger partial charge in [0.2, 0.25) is 8.32 Å². The molecule has 19 heavy (non-hydrogen) atoms. The molecule has 0 unspecified atom stereocenters. The van der Waals surface area contributed by atoms with Gasteiger partial charge in [-0.1, -0.05) is 36.0 Å². The molecule has 0 N–H and O–H groups in total. The van der Waals surface area contributed by atoms with Gasteiger partial charge in [0.05, 0.1) is 7.11 Å². The van der Waals surface area contributed by atoms with E-state index in [1.165, 1.54) is 5.56 Å². The van der Waals surface area contributed by atoms with Gasteiger partial charge in [0.1, 0.15) is 0 Å². The Bertz CT molecular complexity index is 458. The van der Waals surface area contributed by atoms with Crippen LogP contribution in [0.15, 0.2) is 52.7 Å². The molecule has 1 rings (SSSR count). The fourth-order valence-corrected chi connectivity index (χ4v) is 2.83. The molecule has 0 aliphatic rings. The Hall–Kier alpha value is -1.13. The molecule has 0 aromatic heterocycles. The van der Waals surface area contributed by atoms with Crippen molar-refractivity contribution in [2.45, 2.75) is 31.5 Å². The first kappa shape index (κ1) is 15.9. The van der Waals surface area contributed by atoms with Gasteiger partial charge in [0.15, 0.2) is 0 Å². The minimum atomic E-state index is -1.65. The Morgan fingerprint density at radius 2 is 1.79 bits per heavy atom. The van der Waals surface area contributed by atoms with Crippen LogP contribution in [0.25, 0.3) is 0 Å². The summed E-state index contributed by atoms with van der Waals surface area (Å²) in [4.78, 5) is 2.06.